The molecule has 3 nitrogen and oxygen atoms in total. The van der Waals surface area contributed by atoms with Gasteiger partial charge in [-0.15, -0.1) is 11.8 Å². The largest absolute Gasteiger partial charge is 0.373 e. The van der Waals surface area contributed by atoms with Crippen LogP contribution in [-0.2, 0) is 4.79 Å². The first-order chi connectivity index (χ1) is 7.15. The van der Waals surface area contributed by atoms with Gasteiger partial charge >= 0.3 is 0 Å². The number of amides is 1. The molecule has 1 aromatic carbocycles. The van der Waals surface area contributed by atoms with E-state index in [-0.39, 0.29) is 11.2 Å². The molecule has 0 bridgehead atoms. The number of carbonyl (C=O) groups is 1. The lowest BCUT2D eigenvalue weighted by Crippen LogP contribution is -2.29. The molecule has 1 heterocycles. The van der Waals surface area contributed by atoms with Crippen molar-refractivity contribution in [2.24, 2.45) is 0 Å². The predicted octanol–water partition coefficient (Wildman–Crippen LogP) is 1.64. The van der Waals surface area contributed by atoms with Crippen molar-refractivity contribution >= 4 is 29.3 Å². The monoisotopic (exact) mass is 243 g/mol. The highest BCUT2D eigenvalue weighted by atomic mass is 35.5. The molecule has 0 aliphatic carbocycles. The summed E-state index contributed by atoms with van der Waals surface area (Å²) in [4.78, 5) is 12.0. The van der Waals surface area contributed by atoms with Crippen LogP contribution in [0, 0.1) is 0 Å². The number of aliphatic hydroxyl groups excluding tert-OH is 1. The maximum atomic E-state index is 11.0. The molecule has 1 fully saturated rings. The summed E-state index contributed by atoms with van der Waals surface area (Å²) in [6.07, 6.45) is -0.396. The number of nitrogens with one attached hydrogen (secondary N) is 1. The number of thioether (sulfide) groups is 1. The predicted molar refractivity (Wildman–Crippen MR) is 59.9 cm³/mol. The van der Waals surface area contributed by atoms with Crippen LogP contribution in [0.5, 0.6) is 0 Å². The van der Waals surface area contributed by atoms with Crippen molar-refractivity contribution in [2.75, 3.05) is 0 Å². The van der Waals surface area contributed by atoms with Crippen LogP contribution < -0.4 is 5.32 Å². The van der Waals surface area contributed by atoms with Crippen molar-refractivity contribution < 1.29 is 9.90 Å². The molecule has 2 rings (SSSR count). The maximum absolute atomic E-state index is 11.0. The molecule has 80 valence electrons. The lowest BCUT2D eigenvalue weighted by atomic mass is 10.3. The minimum atomic E-state index is -0.752. The van der Waals surface area contributed by atoms with Crippen molar-refractivity contribution in [3.8, 4) is 0 Å². The minimum absolute atomic E-state index is 0.103. The number of hydrogen-bond acceptors (Lipinski definition) is 3. The number of benzene rings is 1. The molecule has 0 radical (unpaired) electrons. The molecular weight excluding hydrogens is 234 g/mol. The molecule has 1 aromatic rings. The molecule has 5 heteroatoms. The Morgan fingerprint density at radius 3 is 2.60 bits per heavy atom. The Balaban J connectivity index is 2.03. The van der Waals surface area contributed by atoms with E-state index in [2.05, 4.69) is 5.32 Å². The van der Waals surface area contributed by atoms with E-state index in [1.54, 1.807) is 12.1 Å². The highest BCUT2D eigenvalue weighted by Gasteiger charge is 2.31. The van der Waals surface area contributed by atoms with Gasteiger partial charge < -0.3 is 10.4 Å². The molecule has 0 aromatic heterocycles. The molecule has 1 unspecified atom stereocenters. The number of aliphatic hydroxyl groups is 1. The van der Waals surface area contributed by atoms with E-state index in [0.29, 0.717) is 11.4 Å². The van der Waals surface area contributed by atoms with Crippen LogP contribution in [0.1, 0.15) is 6.42 Å². The fourth-order valence-corrected chi connectivity index (χ4v) is 2.61. The van der Waals surface area contributed by atoms with Crippen molar-refractivity contribution in [1.82, 2.24) is 5.32 Å². The van der Waals surface area contributed by atoms with Gasteiger partial charge in [-0.3, -0.25) is 4.79 Å². The zero-order valence-electron chi connectivity index (χ0n) is 7.81. The van der Waals surface area contributed by atoms with Crippen LogP contribution in [-0.4, -0.2) is 22.5 Å². The Bertz CT molecular complexity index is 368. The fraction of sp³-hybridized carbons (Fsp3) is 0.300. The van der Waals surface area contributed by atoms with E-state index in [1.165, 1.54) is 11.8 Å². The molecule has 1 aliphatic rings. The van der Waals surface area contributed by atoms with E-state index in [4.69, 9.17) is 11.6 Å². The molecule has 15 heavy (non-hydrogen) atoms. The van der Waals surface area contributed by atoms with Gasteiger partial charge in [0.05, 0.1) is 5.25 Å². The molecule has 1 aliphatic heterocycles. The van der Waals surface area contributed by atoms with Gasteiger partial charge in [0.1, 0.15) is 6.23 Å². The summed E-state index contributed by atoms with van der Waals surface area (Å²) in [5, 5.41) is 12.5. The van der Waals surface area contributed by atoms with Crippen LogP contribution in [0.3, 0.4) is 0 Å². The average Bonchev–Trinajstić information content (AvgIpc) is 2.49. The second-order valence-corrected chi connectivity index (χ2v) is 5.08. The standard InChI is InChI=1S/C10H10ClNO2S/c11-6-1-3-7(4-2-6)15-8-5-9(13)12-10(8)14/h1-4,8,10,14H,5H2,(H,12,13)/t8?,10-/m1/s1. The number of halogens is 1. The summed E-state index contributed by atoms with van der Waals surface area (Å²) in [5.74, 6) is -0.103. The van der Waals surface area contributed by atoms with Gasteiger partial charge in [-0.25, -0.2) is 0 Å². The zero-order valence-corrected chi connectivity index (χ0v) is 9.39. The normalized spacial score (nSPS) is 25.3. The van der Waals surface area contributed by atoms with E-state index < -0.39 is 6.23 Å². The first kappa shape index (κ1) is 10.8. The second-order valence-electron chi connectivity index (χ2n) is 3.33. The summed E-state index contributed by atoms with van der Waals surface area (Å²) in [6.45, 7) is 0. The van der Waals surface area contributed by atoms with E-state index in [1.807, 2.05) is 12.1 Å². The van der Waals surface area contributed by atoms with E-state index in [0.717, 1.165) is 4.90 Å². The van der Waals surface area contributed by atoms with Crippen LogP contribution in [0.25, 0.3) is 0 Å². The lowest BCUT2D eigenvalue weighted by molar-refractivity contribution is -0.120. The first-order valence-corrected chi connectivity index (χ1v) is 5.80. The SMILES string of the molecule is O=C1CC(Sc2ccc(Cl)cc2)[C@@H](O)N1. The first-order valence-electron chi connectivity index (χ1n) is 4.55. The number of rotatable bonds is 2. The minimum Gasteiger partial charge on any atom is -0.373 e. The van der Waals surface area contributed by atoms with Crippen LogP contribution in [0.2, 0.25) is 5.02 Å². The summed E-state index contributed by atoms with van der Waals surface area (Å²) in [7, 11) is 0. The summed E-state index contributed by atoms with van der Waals surface area (Å²) < 4.78 is 0. The molecule has 1 amide bonds. The van der Waals surface area contributed by atoms with Gasteiger partial charge in [0.15, 0.2) is 0 Å². The maximum Gasteiger partial charge on any atom is 0.223 e. The van der Waals surface area contributed by atoms with Crippen LogP contribution in [0.15, 0.2) is 29.2 Å². The summed E-state index contributed by atoms with van der Waals surface area (Å²) >= 11 is 7.23. The van der Waals surface area contributed by atoms with Gasteiger partial charge in [-0.2, -0.15) is 0 Å². The highest BCUT2D eigenvalue weighted by Crippen LogP contribution is 2.30. The van der Waals surface area contributed by atoms with Crippen LogP contribution in [0.4, 0.5) is 0 Å². The van der Waals surface area contributed by atoms with Gasteiger partial charge in [-0.05, 0) is 24.3 Å². The average molecular weight is 244 g/mol. The smallest absolute Gasteiger partial charge is 0.223 e. The fourth-order valence-electron chi connectivity index (χ4n) is 1.41. The Kier molecular flexibility index (Phi) is 3.19. The number of hydrogen-bond donors (Lipinski definition) is 2. The molecule has 0 spiro atoms. The van der Waals surface area contributed by atoms with Gasteiger partial charge in [0.25, 0.3) is 0 Å². The molecule has 0 saturated carbocycles. The van der Waals surface area contributed by atoms with Crippen molar-refractivity contribution in [3.63, 3.8) is 0 Å². The van der Waals surface area contributed by atoms with Crippen molar-refractivity contribution in [1.29, 1.82) is 0 Å². The van der Waals surface area contributed by atoms with Crippen molar-refractivity contribution in [2.45, 2.75) is 22.8 Å². The van der Waals surface area contributed by atoms with Gasteiger partial charge in [-0.1, -0.05) is 11.6 Å². The zero-order chi connectivity index (χ0) is 10.8. The van der Waals surface area contributed by atoms with Gasteiger partial charge in [0, 0.05) is 16.3 Å². The lowest BCUT2D eigenvalue weighted by Gasteiger charge is -2.12. The van der Waals surface area contributed by atoms with E-state index in [9.17, 15) is 9.90 Å². The Hall–Kier alpha value is -0.710. The summed E-state index contributed by atoms with van der Waals surface area (Å²) in [5.41, 5.74) is 0. The third kappa shape index (κ3) is 2.65. The Morgan fingerprint density at radius 2 is 2.07 bits per heavy atom. The molecule has 2 atom stereocenters. The van der Waals surface area contributed by atoms with Crippen LogP contribution >= 0.6 is 23.4 Å². The Labute approximate surface area is 96.8 Å². The summed E-state index contributed by atoms with van der Waals surface area (Å²) in [6, 6.07) is 7.34. The third-order valence-corrected chi connectivity index (χ3v) is 3.67. The topological polar surface area (TPSA) is 49.3 Å². The molecule has 2 N–H and O–H groups in total. The molecular formula is C10H10ClNO2S. The number of carbonyl (C=O) groups excluding carboxylic acids is 1. The Morgan fingerprint density at radius 1 is 1.40 bits per heavy atom. The van der Waals surface area contributed by atoms with Crippen molar-refractivity contribution in [3.05, 3.63) is 29.3 Å². The van der Waals surface area contributed by atoms with E-state index >= 15 is 0 Å². The molecule has 1 saturated heterocycles. The third-order valence-electron chi connectivity index (χ3n) is 2.15. The highest BCUT2D eigenvalue weighted by molar-refractivity contribution is 8.00. The quantitative estimate of drug-likeness (QED) is 0.830. The van der Waals surface area contributed by atoms with Gasteiger partial charge in [0.2, 0.25) is 5.91 Å². The second kappa shape index (κ2) is 4.43.